The van der Waals surface area contributed by atoms with E-state index in [2.05, 4.69) is 12.2 Å². The highest BCUT2D eigenvalue weighted by atomic mass is 35.5. The van der Waals surface area contributed by atoms with E-state index in [1.54, 1.807) is 6.07 Å². The Bertz CT molecular complexity index is 484. The second-order valence-electron chi connectivity index (χ2n) is 6.22. The zero-order valence-electron chi connectivity index (χ0n) is 13.2. The molecule has 1 rings (SSSR count). The summed E-state index contributed by atoms with van der Waals surface area (Å²) in [6.45, 7) is 7.76. The summed E-state index contributed by atoms with van der Waals surface area (Å²) in [5.41, 5.74) is 6.72. The molecule has 0 aromatic heterocycles. The number of benzene rings is 1. The van der Waals surface area contributed by atoms with E-state index in [4.69, 9.17) is 22.1 Å². The van der Waals surface area contributed by atoms with E-state index in [9.17, 15) is 4.79 Å². The summed E-state index contributed by atoms with van der Waals surface area (Å²) in [5, 5.41) is 3.33. The van der Waals surface area contributed by atoms with Crippen LogP contribution in [0.3, 0.4) is 0 Å². The van der Waals surface area contributed by atoms with Crippen LogP contribution in [0.1, 0.15) is 39.7 Å². The summed E-state index contributed by atoms with van der Waals surface area (Å²) in [7, 11) is 0. The van der Waals surface area contributed by atoms with Crippen molar-refractivity contribution in [3.8, 4) is 5.75 Å². The number of hydrogen-bond acceptors (Lipinski definition) is 3. The van der Waals surface area contributed by atoms with Gasteiger partial charge in [-0.3, -0.25) is 4.79 Å². The van der Waals surface area contributed by atoms with Crippen LogP contribution in [0.15, 0.2) is 18.2 Å². The van der Waals surface area contributed by atoms with Gasteiger partial charge in [0.05, 0.1) is 5.02 Å². The van der Waals surface area contributed by atoms with Crippen molar-refractivity contribution in [2.45, 2.75) is 52.1 Å². The number of carbonyl (C=O) groups excluding carboxylic acids is 1. The first-order chi connectivity index (χ1) is 9.71. The third kappa shape index (κ3) is 6.82. The highest BCUT2D eigenvalue weighted by Crippen LogP contribution is 2.26. The molecule has 1 amide bonds. The lowest BCUT2D eigenvalue weighted by molar-refractivity contribution is -0.124. The van der Waals surface area contributed by atoms with Crippen LogP contribution in [0, 0.1) is 0 Å². The van der Waals surface area contributed by atoms with Gasteiger partial charge in [-0.15, -0.1) is 0 Å². The van der Waals surface area contributed by atoms with Gasteiger partial charge in [-0.2, -0.15) is 0 Å². The summed E-state index contributed by atoms with van der Waals surface area (Å²) in [4.78, 5) is 11.7. The molecule has 0 fully saturated rings. The Kier molecular flexibility index (Phi) is 6.49. The van der Waals surface area contributed by atoms with Crippen LogP contribution in [-0.4, -0.2) is 24.1 Å². The van der Waals surface area contributed by atoms with E-state index in [0.29, 0.717) is 10.8 Å². The minimum atomic E-state index is -0.273. The number of ether oxygens (including phenoxy) is 1. The number of amides is 1. The molecule has 0 heterocycles. The average molecular weight is 313 g/mol. The van der Waals surface area contributed by atoms with Gasteiger partial charge in [-0.1, -0.05) is 24.6 Å². The average Bonchev–Trinajstić information content (AvgIpc) is 2.35. The minimum Gasteiger partial charge on any atom is -0.482 e. The first-order valence-corrected chi connectivity index (χ1v) is 7.57. The van der Waals surface area contributed by atoms with Crippen molar-refractivity contribution in [3.63, 3.8) is 0 Å². The van der Waals surface area contributed by atoms with Crippen molar-refractivity contribution in [1.82, 2.24) is 5.32 Å². The highest BCUT2D eigenvalue weighted by Gasteiger charge is 2.14. The van der Waals surface area contributed by atoms with Crippen LogP contribution in [0.4, 0.5) is 0 Å². The van der Waals surface area contributed by atoms with Crippen LogP contribution >= 0.6 is 11.6 Å². The lowest BCUT2D eigenvalue weighted by atomic mass is 10.0. The van der Waals surface area contributed by atoms with Gasteiger partial charge in [0, 0.05) is 11.6 Å². The summed E-state index contributed by atoms with van der Waals surface area (Å²) in [6.07, 6.45) is 1.70. The molecule has 5 heteroatoms. The van der Waals surface area contributed by atoms with Crippen molar-refractivity contribution in [3.05, 3.63) is 28.8 Å². The van der Waals surface area contributed by atoms with E-state index in [1.165, 1.54) is 0 Å². The molecular formula is C16H25ClN2O2. The van der Waals surface area contributed by atoms with Crippen LogP contribution in [0.5, 0.6) is 5.75 Å². The van der Waals surface area contributed by atoms with Crippen molar-refractivity contribution in [2.75, 3.05) is 6.61 Å². The summed E-state index contributed by atoms with van der Waals surface area (Å²) >= 11 is 6.18. The van der Waals surface area contributed by atoms with E-state index >= 15 is 0 Å². The van der Waals surface area contributed by atoms with Gasteiger partial charge in [-0.05, 0) is 51.3 Å². The molecule has 0 spiro atoms. The summed E-state index contributed by atoms with van der Waals surface area (Å²) in [6, 6.07) is 5.68. The summed E-state index contributed by atoms with van der Waals surface area (Å²) in [5.74, 6) is 0.338. The quantitative estimate of drug-likeness (QED) is 0.849. The maximum absolute atomic E-state index is 11.7. The normalized spacial score (nSPS) is 12.9. The SMILES string of the molecule is CCC(N)Cc1ccc(OCC(=O)NC(C)(C)C)c(Cl)c1. The molecule has 3 N–H and O–H groups in total. The zero-order valence-corrected chi connectivity index (χ0v) is 14.0. The van der Waals surface area contributed by atoms with Crippen LogP contribution in [-0.2, 0) is 11.2 Å². The topological polar surface area (TPSA) is 64.3 Å². The molecule has 0 aliphatic heterocycles. The Balaban J connectivity index is 2.59. The number of hydrogen-bond donors (Lipinski definition) is 2. The molecular weight excluding hydrogens is 288 g/mol. The monoisotopic (exact) mass is 312 g/mol. The Hall–Kier alpha value is -1.26. The van der Waals surface area contributed by atoms with Gasteiger partial charge in [0.2, 0.25) is 0 Å². The predicted octanol–water partition coefficient (Wildman–Crippen LogP) is 2.91. The molecule has 1 aromatic carbocycles. The minimum absolute atomic E-state index is 0.0508. The first-order valence-electron chi connectivity index (χ1n) is 7.19. The molecule has 0 aliphatic carbocycles. The molecule has 1 unspecified atom stereocenters. The van der Waals surface area contributed by atoms with E-state index in [0.717, 1.165) is 18.4 Å². The number of carbonyl (C=O) groups is 1. The van der Waals surface area contributed by atoms with Gasteiger partial charge in [0.25, 0.3) is 5.91 Å². The van der Waals surface area contributed by atoms with Crippen molar-refractivity contribution in [1.29, 1.82) is 0 Å². The Morgan fingerprint density at radius 2 is 2.10 bits per heavy atom. The van der Waals surface area contributed by atoms with E-state index < -0.39 is 0 Å². The van der Waals surface area contributed by atoms with Crippen LogP contribution in [0.2, 0.25) is 5.02 Å². The van der Waals surface area contributed by atoms with Crippen LogP contribution in [0.25, 0.3) is 0 Å². The molecule has 1 atom stereocenters. The number of halogens is 1. The number of nitrogens with two attached hydrogens (primary N) is 1. The molecule has 1 aromatic rings. The Morgan fingerprint density at radius 3 is 2.62 bits per heavy atom. The fourth-order valence-electron chi connectivity index (χ4n) is 1.83. The van der Waals surface area contributed by atoms with Gasteiger partial charge in [-0.25, -0.2) is 0 Å². The fraction of sp³-hybridized carbons (Fsp3) is 0.562. The first kappa shape index (κ1) is 17.8. The lowest BCUT2D eigenvalue weighted by Crippen LogP contribution is -2.43. The van der Waals surface area contributed by atoms with Crippen molar-refractivity contribution >= 4 is 17.5 Å². The van der Waals surface area contributed by atoms with Crippen LogP contribution < -0.4 is 15.8 Å². The van der Waals surface area contributed by atoms with Crippen molar-refractivity contribution < 1.29 is 9.53 Å². The molecule has 0 saturated carbocycles. The fourth-order valence-corrected chi connectivity index (χ4v) is 2.09. The molecule has 0 bridgehead atoms. The molecule has 21 heavy (non-hydrogen) atoms. The second kappa shape index (κ2) is 7.66. The maximum Gasteiger partial charge on any atom is 0.258 e. The second-order valence-corrected chi connectivity index (χ2v) is 6.63. The number of rotatable bonds is 6. The molecule has 0 aliphatic rings. The molecule has 118 valence electrons. The third-order valence-electron chi connectivity index (χ3n) is 2.89. The Morgan fingerprint density at radius 1 is 1.43 bits per heavy atom. The largest absolute Gasteiger partial charge is 0.482 e. The zero-order chi connectivity index (χ0) is 16.0. The standard InChI is InChI=1S/C16H25ClN2O2/c1-5-12(18)8-11-6-7-14(13(17)9-11)21-10-15(20)19-16(2,3)4/h6-7,9,12H,5,8,10,18H2,1-4H3,(H,19,20). The Labute approximate surface area is 132 Å². The van der Waals surface area contributed by atoms with Gasteiger partial charge in [0.1, 0.15) is 5.75 Å². The maximum atomic E-state index is 11.7. The highest BCUT2D eigenvalue weighted by molar-refractivity contribution is 6.32. The third-order valence-corrected chi connectivity index (χ3v) is 3.19. The molecule has 0 saturated heterocycles. The van der Waals surface area contributed by atoms with Crippen molar-refractivity contribution in [2.24, 2.45) is 5.73 Å². The van der Waals surface area contributed by atoms with E-state index in [1.807, 2.05) is 32.9 Å². The van der Waals surface area contributed by atoms with Gasteiger partial charge < -0.3 is 15.8 Å². The smallest absolute Gasteiger partial charge is 0.258 e. The number of nitrogens with one attached hydrogen (secondary N) is 1. The van der Waals surface area contributed by atoms with E-state index in [-0.39, 0.29) is 24.1 Å². The lowest BCUT2D eigenvalue weighted by Gasteiger charge is -2.20. The predicted molar refractivity (Wildman–Crippen MR) is 86.8 cm³/mol. The summed E-state index contributed by atoms with van der Waals surface area (Å²) < 4.78 is 5.46. The van der Waals surface area contributed by atoms with Gasteiger partial charge in [0.15, 0.2) is 6.61 Å². The molecule has 4 nitrogen and oxygen atoms in total. The molecule has 0 radical (unpaired) electrons. The van der Waals surface area contributed by atoms with Gasteiger partial charge >= 0.3 is 0 Å².